The number of nitrogens with one attached hydrogen (secondary N) is 4. The summed E-state index contributed by atoms with van der Waals surface area (Å²) in [5.74, 6) is 1.26. The van der Waals surface area contributed by atoms with Gasteiger partial charge in [-0.15, -0.1) is 0 Å². The minimum absolute atomic E-state index is 0.128. The molecule has 1 saturated heterocycles. The molecule has 3 heterocycles. The van der Waals surface area contributed by atoms with E-state index in [1.165, 1.54) is 0 Å². The van der Waals surface area contributed by atoms with Gasteiger partial charge < -0.3 is 30.7 Å². The summed E-state index contributed by atoms with van der Waals surface area (Å²) in [6.07, 6.45) is 5.31. The van der Waals surface area contributed by atoms with E-state index in [1.807, 2.05) is 49.8 Å². The van der Waals surface area contributed by atoms with Crippen molar-refractivity contribution < 1.29 is 14.3 Å². The van der Waals surface area contributed by atoms with Crippen LogP contribution in [0.15, 0.2) is 59.5 Å². The zero-order valence-corrected chi connectivity index (χ0v) is 23.4. The lowest BCUT2D eigenvalue weighted by atomic mass is 9.96. The number of aromatic nitrogens is 4. The summed E-state index contributed by atoms with van der Waals surface area (Å²) >= 11 is 3.51. The lowest BCUT2D eigenvalue weighted by molar-refractivity contribution is 0.0279. The molecule has 2 aromatic carbocycles. The first-order chi connectivity index (χ1) is 19.0. The number of carbonyl (C=O) groups excluding carboxylic acids is 1. The first kappa shape index (κ1) is 26.6. The predicted octanol–water partition coefficient (Wildman–Crippen LogP) is 4.16. The lowest BCUT2D eigenvalue weighted by Gasteiger charge is -2.27. The van der Waals surface area contributed by atoms with Crippen molar-refractivity contribution in [3.63, 3.8) is 0 Å². The third-order valence-electron chi connectivity index (χ3n) is 6.30. The van der Waals surface area contributed by atoms with Crippen LogP contribution in [0.25, 0.3) is 11.1 Å². The van der Waals surface area contributed by atoms with Crippen molar-refractivity contribution >= 4 is 45.0 Å². The van der Waals surface area contributed by atoms with E-state index in [2.05, 4.69) is 52.3 Å². The third kappa shape index (κ3) is 5.87. The Labute approximate surface area is 234 Å². The van der Waals surface area contributed by atoms with E-state index in [0.29, 0.717) is 52.1 Å². The maximum absolute atomic E-state index is 12.3. The topological polar surface area (TPSA) is 127 Å². The summed E-state index contributed by atoms with van der Waals surface area (Å²) in [4.78, 5) is 21.5. The number of hydrogen-bond donors (Lipinski definition) is 4. The van der Waals surface area contributed by atoms with Gasteiger partial charge in [-0.1, -0.05) is 12.1 Å². The molecule has 1 atom stereocenters. The summed E-state index contributed by atoms with van der Waals surface area (Å²) in [5, 5.41) is 17.0. The lowest BCUT2D eigenvalue weighted by Crippen LogP contribution is -2.33. The van der Waals surface area contributed by atoms with E-state index in [9.17, 15) is 4.79 Å². The number of rotatable bonds is 8. The molecule has 4 N–H and O–H groups in total. The summed E-state index contributed by atoms with van der Waals surface area (Å²) < 4.78 is 14.2. The van der Waals surface area contributed by atoms with Crippen molar-refractivity contribution in [2.75, 3.05) is 44.5 Å². The number of aryl methyl sites for hydroxylation is 1. The van der Waals surface area contributed by atoms with Gasteiger partial charge in [0.05, 0.1) is 47.4 Å². The van der Waals surface area contributed by atoms with Crippen LogP contribution in [0.2, 0.25) is 0 Å². The summed E-state index contributed by atoms with van der Waals surface area (Å²) in [5.41, 5.74) is 4.72. The molecule has 0 bridgehead atoms. The van der Waals surface area contributed by atoms with Gasteiger partial charge >= 0.3 is 0 Å². The Kier molecular flexibility index (Phi) is 8.05. The third-order valence-corrected chi connectivity index (χ3v) is 6.88. The zero-order chi connectivity index (χ0) is 27.4. The number of benzene rings is 2. The molecule has 2 aromatic heterocycles. The number of ether oxygens (including phenoxy) is 2. The second-order valence-electron chi connectivity index (χ2n) is 8.87. The van der Waals surface area contributed by atoms with Crippen LogP contribution in [-0.2, 0) is 11.8 Å². The van der Waals surface area contributed by atoms with Crippen LogP contribution in [0.5, 0.6) is 5.75 Å². The van der Waals surface area contributed by atoms with E-state index in [4.69, 9.17) is 9.47 Å². The highest BCUT2D eigenvalue weighted by atomic mass is 79.9. The number of halogens is 1. The highest BCUT2D eigenvalue weighted by molar-refractivity contribution is 9.10. The molecule has 1 fully saturated rings. The quantitative estimate of drug-likeness (QED) is 0.238. The number of morpholine rings is 1. The average Bonchev–Trinajstić information content (AvgIpc) is 3.41. The Morgan fingerprint density at radius 1 is 1.21 bits per heavy atom. The van der Waals surface area contributed by atoms with Crippen molar-refractivity contribution in [3.05, 3.63) is 70.6 Å². The van der Waals surface area contributed by atoms with E-state index in [0.717, 1.165) is 23.2 Å². The smallest absolute Gasteiger partial charge is 0.253 e. The number of methoxy groups -OCH3 is 1. The molecule has 39 heavy (non-hydrogen) atoms. The molecule has 4 aromatic rings. The molecular weight excluding hydrogens is 564 g/mol. The van der Waals surface area contributed by atoms with E-state index in [-0.39, 0.29) is 12.0 Å². The molecule has 0 aliphatic carbocycles. The molecule has 12 heteroatoms. The molecule has 5 rings (SSSR count). The fraction of sp³-hybridized carbons (Fsp3) is 0.259. The van der Waals surface area contributed by atoms with Gasteiger partial charge in [0.15, 0.2) is 0 Å². The number of hydrogen-bond acceptors (Lipinski definition) is 9. The van der Waals surface area contributed by atoms with Gasteiger partial charge in [-0.05, 0) is 51.3 Å². The second kappa shape index (κ2) is 11.8. The van der Waals surface area contributed by atoms with E-state index >= 15 is 0 Å². The summed E-state index contributed by atoms with van der Waals surface area (Å²) in [6, 6.07) is 11.2. The van der Waals surface area contributed by atoms with Crippen LogP contribution in [0, 0.1) is 0 Å². The molecule has 1 unspecified atom stereocenters. The monoisotopic (exact) mass is 592 g/mol. The molecule has 1 aliphatic heterocycles. The Morgan fingerprint density at radius 2 is 2.05 bits per heavy atom. The molecule has 11 nitrogen and oxygen atoms in total. The fourth-order valence-corrected chi connectivity index (χ4v) is 4.68. The maximum atomic E-state index is 12.3. The molecule has 0 radical (unpaired) electrons. The zero-order valence-electron chi connectivity index (χ0n) is 21.8. The number of amides is 1. The average molecular weight is 593 g/mol. The normalized spacial score (nSPS) is 15.0. The predicted molar refractivity (Wildman–Crippen MR) is 153 cm³/mol. The molecule has 202 valence electrons. The van der Waals surface area contributed by atoms with Crippen LogP contribution in [0.3, 0.4) is 0 Å². The highest BCUT2D eigenvalue weighted by Crippen LogP contribution is 2.39. The van der Waals surface area contributed by atoms with Gasteiger partial charge in [-0.2, -0.15) is 10.1 Å². The Bertz CT molecular complexity index is 1490. The number of carbonyl (C=O) groups is 1. The van der Waals surface area contributed by atoms with Gasteiger partial charge in [0.25, 0.3) is 5.91 Å². The molecule has 0 saturated carbocycles. The van der Waals surface area contributed by atoms with Gasteiger partial charge in [-0.3, -0.25) is 9.48 Å². The van der Waals surface area contributed by atoms with Crippen LogP contribution in [-0.4, -0.2) is 59.5 Å². The molecule has 1 aliphatic rings. The number of para-hydroxylation sites is 1. The van der Waals surface area contributed by atoms with Gasteiger partial charge in [0, 0.05) is 45.1 Å². The van der Waals surface area contributed by atoms with Crippen LogP contribution >= 0.6 is 15.9 Å². The standard InChI is InChI=1S/C27H29BrN8O3/c1-29-26(37)17-6-4-5-7-21(17)33-25-20(28)13-31-27(35-25)34-22-10-18(16-12-32-36(2)15-16)19(11-23(22)38-3)24-14-30-8-9-39-24/h4-7,10-13,15,24,30H,8-9,14H2,1-3H3,(H,29,37)(H2,31,33,34,35). The first-order valence-electron chi connectivity index (χ1n) is 12.4. The molecule has 1 amide bonds. The number of anilines is 4. The minimum Gasteiger partial charge on any atom is -0.495 e. The highest BCUT2D eigenvalue weighted by Gasteiger charge is 2.23. The Balaban J connectivity index is 1.50. The van der Waals surface area contributed by atoms with Gasteiger partial charge in [0.1, 0.15) is 11.6 Å². The molecular formula is C27H29BrN8O3. The minimum atomic E-state index is -0.202. The largest absolute Gasteiger partial charge is 0.495 e. The summed E-state index contributed by atoms with van der Waals surface area (Å²) in [7, 11) is 5.10. The summed E-state index contributed by atoms with van der Waals surface area (Å²) in [6.45, 7) is 2.15. The van der Waals surface area contributed by atoms with Crippen molar-refractivity contribution in [1.82, 2.24) is 30.4 Å². The SMILES string of the molecule is CNC(=O)c1ccccc1Nc1nc(Nc2cc(-c3cnn(C)c3)c(C3CNCCO3)cc2OC)ncc1Br. The first-order valence-corrected chi connectivity index (χ1v) is 13.2. The van der Waals surface area contributed by atoms with Crippen molar-refractivity contribution in [2.45, 2.75) is 6.10 Å². The fourth-order valence-electron chi connectivity index (χ4n) is 4.39. The van der Waals surface area contributed by atoms with Crippen LogP contribution < -0.4 is 26.0 Å². The van der Waals surface area contributed by atoms with Gasteiger partial charge in [-0.25, -0.2) is 4.98 Å². The Morgan fingerprint density at radius 3 is 2.77 bits per heavy atom. The van der Waals surface area contributed by atoms with E-state index in [1.54, 1.807) is 31.1 Å². The van der Waals surface area contributed by atoms with E-state index < -0.39 is 0 Å². The Hall–Kier alpha value is -4.00. The van der Waals surface area contributed by atoms with Crippen LogP contribution in [0.4, 0.5) is 23.1 Å². The van der Waals surface area contributed by atoms with Gasteiger partial charge in [0.2, 0.25) is 5.95 Å². The number of nitrogens with zero attached hydrogens (tertiary/aromatic N) is 4. The maximum Gasteiger partial charge on any atom is 0.253 e. The van der Waals surface area contributed by atoms with Crippen molar-refractivity contribution in [3.8, 4) is 16.9 Å². The second-order valence-corrected chi connectivity index (χ2v) is 9.73. The molecule has 0 spiro atoms. The van der Waals surface area contributed by atoms with Crippen LogP contribution in [0.1, 0.15) is 22.0 Å². The van der Waals surface area contributed by atoms with Crippen molar-refractivity contribution in [1.29, 1.82) is 0 Å². The van der Waals surface area contributed by atoms with Crippen molar-refractivity contribution in [2.24, 2.45) is 7.05 Å².